The number of hydrogen-bond donors (Lipinski definition) is 1. The van der Waals surface area contributed by atoms with E-state index in [2.05, 4.69) is 0 Å². The zero-order chi connectivity index (χ0) is 15.4. The van der Waals surface area contributed by atoms with Crippen LogP contribution in [0.3, 0.4) is 0 Å². The molecule has 2 unspecified atom stereocenters. The van der Waals surface area contributed by atoms with Crippen molar-refractivity contribution in [2.45, 2.75) is 38.5 Å². The number of carboxylic acids is 1. The molecule has 0 bridgehead atoms. The molecule has 0 aliphatic carbocycles. The van der Waals surface area contributed by atoms with Crippen molar-refractivity contribution in [1.82, 2.24) is 4.90 Å². The van der Waals surface area contributed by atoms with Crippen molar-refractivity contribution < 1.29 is 19.4 Å². The van der Waals surface area contributed by atoms with E-state index in [1.165, 1.54) is 11.3 Å². The van der Waals surface area contributed by atoms with E-state index in [-0.39, 0.29) is 18.1 Å². The molecule has 1 aromatic rings. The quantitative estimate of drug-likeness (QED) is 0.848. The second-order valence-corrected chi connectivity index (χ2v) is 6.18. The summed E-state index contributed by atoms with van der Waals surface area (Å²) in [5, 5.41) is 10.5. The molecular weight excluding hydrogens is 290 g/mol. The summed E-state index contributed by atoms with van der Waals surface area (Å²) in [6, 6.07) is 1.89. The highest BCUT2D eigenvalue weighted by Gasteiger charge is 2.30. The maximum atomic E-state index is 12.2. The summed E-state index contributed by atoms with van der Waals surface area (Å²) < 4.78 is 5.59. The van der Waals surface area contributed by atoms with E-state index < -0.39 is 5.97 Å². The second kappa shape index (κ2) is 6.87. The Kier molecular flexibility index (Phi) is 5.14. The van der Waals surface area contributed by atoms with Crippen LogP contribution >= 0.6 is 11.3 Å². The number of amides is 1. The van der Waals surface area contributed by atoms with Crippen LogP contribution in [0.4, 0.5) is 0 Å². The molecule has 1 fully saturated rings. The SMILES string of the molecule is CC1CCC(C(=O)N(C)Cc2csc(/C=C/C(=O)O)c2)O1. The normalized spacial score (nSPS) is 21.8. The number of likely N-dealkylation sites (N-methyl/N-ethyl adjacent to an activating group) is 1. The average molecular weight is 309 g/mol. The van der Waals surface area contributed by atoms with E-state index in [4.69, 9.17) is 9.84 Å². The Hall–Kier alpha value is -1.66. The largest absolute Gasteiger partial charge is 0.478 e. The van der Waals surface area contributed by atoms with Gasteiger partial charge >= 0.3 is 5.97 Å². The van der Waals surface area contributed by atoms with Crippen molar-refractivity contribution in [2.24, 2.45) is 0 Å². The predicted octanol–water partition coefficient (Wildman–Crippen LogP) is 2.37. The summed E-state index contributed by atoms with van der Waals surface area (Å²) in [6.45, 7) is 2.48. The number of carbonyl (C=O) groups is 2. The monoisotopic (exact) mass is 309 g/mol. The lowest BCUT2D eigenvalue weighted by Gasteiger charge is -2.20. The Bertz CT molecular complexity index is 552. The van der Waals surface area contributed by atoms with Crippen LogP contribution < -0.4 is 0 Å². The van der Waals surface area contributed by atoms with Gasteiger partial charge in [-0.25, -0.2) is 4.79 Å². The van der Waals surface area contributed by atoms with Crippen molar-refractivity contribution in [3.05, 3.63) is 28.0 Å². The standard InChI is InChI=1S/C15H19NO4S/c1-10-3-5-13(20-10)15(19)16(2)8-11-7-12(21-9-11)4-6-14(17)18/h4,6-7,9-10,13H,3,5,8H2,1-2H3,(H,17,18)/b6-4+. The summed E-state index contributed by atoms with van der Waals surface area (Å²) in [7, 11) is 1.76. The van der Waals surface area contributed by atoms with Gasteiger partial charge in [0.1, 0.15) is 6.10 Å². The van der Waals surface area contributed by atoms with Gasteiger partial charge in [-0.05, 0) is 42.9 Å². The minimum Gasteiger partial charge on any atom is -0.478 e. The van der Waals surface area contributed by atoms with Crippen LogP contribution in [0, 0.1) is 0 Å². The van der Waals surface area contributed by atoms with Gasteiger partial charge in [-0.2, -0.15) is 0 Å². The topological polar surface area (TPSA) is 66.8 Å². The average Bonchev–Trinajstić information content (AvgIpc) is 3.04. The van der Waals surface area contributed by atoms with Gasteiger partial charge in [-0.15, -0.1) is 11.3 Å². The van der Waals surface area contributed by atoms with Gasteiger partial charge in [-0.1, -0.05) is 0 Å². The van der Waals surface area contributed by atoms with E-state index in [0.717, 1.165) is 29.4 Å². The molecule has 0 radical (unpaired) electrons. The summed E-state index contributed by atoms with van der Waals surface area (Å²) in [5.74, 6) is -0.960. The van der Waals surface area contributed by atoms with Crippen LogP contribution in [0.15, 0.2) is 17.5 Å². The molecule has 21 heavy (non-hydrogen) atoms. The van der Waals surface area contributed by atoms with Crippen molar-refractivity contribution in [3.63, 3.8) is 0 Å². The fourth-order valence-corrected chi connectivity index (χ4v) is 3.10. The molecule has 1 N–H and O–H groups in total. The van der Waals surface area contributed by atoms with Gasteiger partial charge in [0, 0.05) is 24.5 Å². The van der Waals surface area contributed by atoms with Gasteiger partial charge in [-0.3, -0.25) is 4.79 Å². The highest BCUT2D eigenvalue weighted by Crippen LogP contribution is 2.22. The van der Waals surface area contributed by atoms with E-state index >= 15 is 0 Å². The van der Waals surface area contributed by atoms with Gasteiger partial charge in [0.25, 0.3) is 5.91 Å². The smallest absolute Gasteiger partial charge is 0.328 e. The second-order valence-electron chi connectivity index (χ2n) is 5.24. The minimum atomic E-state index is -0.968. The number of hydrogen-bond acceptors (Lipinski definition) is 4. The minimum absolute atomic E-state index is 0.00757. The lowest BCUT2D eigenvalue weighted by atomic mass is 10.2. The first-order chi connectivity index (χ1) is 9.95. The fourth-order valence-electron chi connectivity index (χ4n) is 2.30. The molecule has 1 aliphatic heterocycles. The van der Waals surface area contributed by atoms with Gasteiger partial charge in [0.2, 0.25) is 0 Å². The Morgan fingerprint density at radius 3 is 2.90 bits per heavy atom. The van der Waals surface area contributed by atoms with E-state index in [9.17, 15) is 9.59 Å². The maximum absolute atomic E-state index is 12.2. The Labute approximate surface area is 127 Å². The van der Waals surface area contributed by atoms with Crippen molar-refractivity contribution in [3.8, 4) is 0 Å². The highest BCUT2D eigenvalue weighted by molar-refractivity contribution is 7.11. The molecule has 6 heteroatoms. The molecule has 1 aliphatic rings. The van der Waals surface area contributed by atoms with Crippen LogP contribution in [0.1, 0.15) is 30.2 Å². The van der Waals surface area contributed by atoms with Crippen LogP contribution in [0.2, 0.25) is 0 Å². The zero-order valence-corrected chi connectivity index (χ0v) is 12.9. The summed E-state index contributed by atoms with van der Waals surface area (Å²) in [5.41, 5.74) is 0.993. The van der Waals surface area contributed by atoms with Gasteiger partial charge < -0.3 is 14.7 Å². The molecule has 114 valence electrons. The molecule has 2 atom stereocenters. The first kappa shape index (κ1) is 15.7. The predicted molar refractivity (Wildman–Crippen MR) is 81.0 cm³/mol. The number of nitrogens with zero attached hydrogens (tertiary/aromatic N) is 1. The van der Waals surface area contributed by atoms with Crippen LogP contribution in [-0.2, 0) is 20.9 Å². The fraction of sp³-hybridized carbons (Fsp3) is 0.467. The van der Waals surface area contributed by atoms with Crippen LogP contribution in [-0.4, -0.2) is 41.1 Å². The molecule has 1 aromatic heterocycles. The molecule has 2 rings (SSSR count). The number of thiophene rings is 1. The highest BCUT2D eigenvalue weighted by atomic mass is 32.1. The molecule has 1 amide bonds. The Morgan fingerprint density at radius 1 is 1.52 bits per heavy atom. The third-order valence-electron chi connectivity index (χ3n) is 3.37. The first-order valence-electron chi connectivity index (χ1n) is 6.84. The van der Waals surface area contributed by atoms with E-state index in [1.54, 1.807) is 18.0 Å². The Morgan fingerprint density at radius 2 is 2.29 bits per heavy atom. The third-order valence-corrected chi connectivity index (χ3v) is 4.31. The summed E-state index contributed by atoms with van der Waals surface area (Å²) in [6.07, 6.45) is 4.20. The maximum Gasteiger partial charge on any atom is 0.328 e. The van der Waals surface area contributed by atoms with Crippen LogP contribution in [0.25, 0.3) is 6.08 Å². The van der Waals surface area contributed by atoms with Crippen molar-refractivity contribution in [2.75, 3.05) is 7.05 Å². The molecule has 5 nitrogen and oxygen atoms in total. The van der Waals surface area contributed by atoms with Crippen LogP contribution in [0.5, 0.6) is 0 Å². The molecule has 0 aromatic carbocycles. The van der Waals surface area contributed by atoms with Crippen molar-refractivity contribution >= 4 is 29.3 Å². The molecule has 0 saturated carbocycles. The third kappa shape index (κ3) is 4.41. The summed E-state index contributed by atoms with van der Waals surface area (Å²) in [4.78, 5) is 25.2. The zero-order valence-electron chi connectivity index (χ0n) is 12.1. The number of aliphatic carboxylic acids is 1. The van der Waals surface area contributed by atoms with Gasteiger partial charge in [0.15, 0.2) is 0 Å². The van der Waals surface area contributed by atoms with Crippen molar-refractivity contribution in [1.29, 1.82) is 0 Å². The first-order valence-corrected chi connectivity index (χ1v) is 7.72. The molecule has 2 heterocycles. The summed E-state index contributed by atoms with van der Waals surface area (Å²) >= 11 is 1.46. The number of ether oxygens (including phenoxy) is 1. The van der Waals surface area contributed by atoms with E-state index in [1.807, 2.05) is 18.4 Å². The van der Waals surface area contributed by atoms with E-state index in [0.29, 0.717) is 6.54 Å². The lowest BCUT2D eigenvalue weighted by Crippen LogP contribution is -2.35. The lowest BCUT2D eigenvalue weighted by molar-refractivity contribution is -0.141. The van der Waals surface area contributed by atoms with Gasteiger partial charge in [0.05, 0.1) is 6.10 Å². The number of rotatable bonds is 5. The molecular formula is C15H19NO4S. The number of carboxylic acid groups (broad SMARTS) is 1. The molecule has 1 saturated heterocycles. The number of carbonyl (C=O) groups excluding carboxylic acids is 1. The molecule has 0 spiro atoms. The Balaban J connectivity index is 1.92.